The normalized spacial score (nSPS) is 45.9. The Bertz CT molecular complexity index is 398. The van der Waals surface area contributed by atoms with Crippen LogP contribution < -0.4 is 5.73 Å². The predicted octanol–water partition coefficient (Wildman–Crippen LogP) is -0.0833. The lowest BCUT2D eigenvalue weighted by Crippen LogP contribution is -2.73. The van der Waals surface area contributed by atoms with Gasteiger partial charge in [-0.3, -0.25) is 0 Å². The van der Waals surface area contributed by atoms with Gasteiger partial charge in [-0.1, -0.05) is 0 Å². The number of rotatable bonds is 1. The quantitative estimate of drug-likeness (QED) is 0.715. The highest BCUT2D eigenvalue weighted by molar-refractivity contribution is 7.89. The van der Waals surface area contributed by atoms with E-state index >= 15 is 0 Å². The highest BCUT2D eigenvalue weighted by atomic mass is 32.2. The molecule has 2 saturated heterocycles. The molecule has 1 aliphatic carbocycles. The lowest BCUT2D eigenvalue weighted by Gasteiger charge is -2.56. The first-order valence-electron chi connectivity index (χ1n) is 6.48. The molecule has 1 saturated carbocycles. The number of ether oxygens (including phenoxy) is 1. The molecule has 0 aromatic carbocycles. The first-order valence-corrected chi connectivity index (χ1v) is 8.09. The van der Waals surface area contributed by atoms with Gasteiger partial charge in [-0.15, -0.1) is 0 Å². The van der Waals surface area contributed by atoms with Gasteiger partial charge in [-0.25, -0.2) is 8.42 Å². The summed E-state index contributed by atoms with van der Waals surface area (Å²) in [5.74, 6) is 0.638. The number of nitrogens with zero attached hydrogens (tertiary/aromatic N) is 1. The fourth-order valence-corrected chi connectivity index (χ4v) is 5.26. The van der Waals surface area contributed by atoms with Crippen LogP contribution in [0.15, 0.2) is 0 Å². The zero-order chi connectivity index (χ0) is 12.0. The molecular formula is C11H20N2O3S. The van der Waals surface area contributed by atoms with Crippen molar-refractivity contribution in [3.05, 3.63) is 0 Å². The van der Waals surface area contributed by atoms with Crippen LogP contribution in [0.25, 0.3) is 0 Å². The minimum Gasteiger partial charge on any atom is -0.376 e. The Kier molecular flexibility index (Phi) is 2.93. The number of sulfonamides is 1. The van der Waals surface area contributed by atoms with E-state index in [4.69, 9.17) is 10.5 Å². The third kappa shape index (κ3) is 1.82. The molecule has 98 valence electrons. The molecule has 0 amide bonds. The van der Waals surface area contributed by atoms with Gasteiger partial charge in [0.1, 0.15) is 0 Å². The Labute approximate surface area is 102 Å². The first kappa shape index (κ1) is 11.9. The molecule has 2 heterocycles. The third-order valence-electron chi connectivity index (χ3n) is 4.36. The minimum absolute atomic E-state index is 0.0341. The second kappa shape index (κ2) is 4.19. The summed E-state index contributed by atoms with van der Waals surface area (Å²) in [4.78, 5) is 0. The van der Waals surface area contributed by atoms with Crippen molar-refractivity contribution in [2.75, 3.05) is 18.9 Å². The van der Waals surface area contributed by atoms with E-state index < -0.39 is 10.0 Å². The standard InChI is InChI=1S/C11H20N2O3S/c12-9-8-4-3-6-16-11(8)10(9)13-5-1-2-7-17(13,14)15/h8-11H,1-7,12H2. The average Bonchev–Trinajstić information content (AvgIpc) is 2.31. The summed E-state index contributed by atoms with van der Waals surface area (Å²) in [5.41, 5.74) is 6.14. The Morgan fingerprint density at radius 1 is 1.24 bits per heavy atom. The van der Waals surface area contributed by atoms with Crippen molar-refractivity contribution in [3.8, 4) is 0 Å². The number of hydrogen-bond donors (Lipinski definition) is 1. The molecule has 0 spiro atoms. The molecule has 4 atom stereocenters. The van der Waals surface area contributed by atoms with Crippen LogP contribution in [0.5, 0.6) is 0 Å². The van der Waals surface area contributed by atoms with Crippen LogP contribution in [0.4, 0.5) is 0 Å². The third-order valence-corrected chi connectivity index (χ3v) is 6.31. The lowest BCUT2D eigenvalue weighted by atomic mass is 9.68. The molecule has 5 nitrogen and oxygen atoms in total. The van der Waals surface area contributed by atoms with E-state index in [1.54, 1.807) is 4.31 Å². The molecular weight excluding hydrogens is 240 g/mol. The van der Waals surface area contributed by atoms with Crippen molar-refractivity contribution in [1.29, 1.82) is 0 Å². The minimum atomic E-state index is -3.09. The topological polar surface area (TPSA) is 72.6 Å². The van der Waals surface area contributed by atoms with Crippen LogP contribution in [0.3, 0.4) is 0 Å². The van der Waals surface area contributed by atoms with Gasteiger partial charge in [0.25, 0.3) is 0 Å². The van der Waals surface area contributed by atoms with Gasteiger partial charge in [0.2, 0.25) is 10.0 Å². The van der Waals surface area contributed by atoms with E-state index in [1.807, 2.05) is 0 Å². The van der Waals surface area contributed by atoms with Gasteiger partial charge in [0.15, 0.2) is 0 Å². The zero-order valence-corrected chi connectivity index (χ0v) is 10.7. The van der Waals surface area contributed by atoms with Crippen LogP contribution in [-0.2, 0) is 14.8 Å². The first-order chi connectivity index (χ1) is 8.11. The molecule has 3 fully saturated rings. The molecule has 2 N–H and O–H groups in total. The monoisotopic (exact) mass is 260 g/mol. The molecule has 3 aliphatic rings. The maximum atomic E-state index is 12.1. The predicted molar refractivity (Wildman–Crippen MR) is 64.0 cm³/mol. The largest absolute Gasteiger partial charge is 0.376 e. The summed E-state index contributed by atoms with van der Waals surface area (Å²) in [6, 6.07) is -0.140. The highest BCUT2D eigenvalue weighted by Crippen LogP contribution is 2.41. The molecule has 0 aromatic rings. The van der Waals surface area contributed by atoms with Crippen molar-refractivity contribution >= 4 is 10.0 Å². The van der Waals surface area contributed by atoms with Gasteiger partial charge in [-0.05, 0) is 25.7 Å². The average molecular weight is 260 g/mol. The van der Waals surface area contributed by atoms with Crippen LogP contribution in [0.1, 0.15) is 25.7 Å². The van der Waals surface area contributed by atoms with Crippen molar-refractivity contribution in [2.24, 2.45) is 11.7 Å². The summed E-state index contributed by atoms with van der Waals surface area (Å²) < 4.78 is 31.4. The van der Waals surface area contributed by atoms with Gasteiger partial charge < -0.3 is 10.5 Å². The van der Waals surface area contributed by atoms with Crippen LogP contribution in [0, 0.1) is 5.92 Å². The summed E-state index contributed by atoms with van der Waals surface area (Å²) in [7, 11) is -3.09. The maximum Gasteiger partial charge on any atom is 0.214 e. The number of fused-ring (bicyclic) bond motifs is 1. The Hall–Kier alpha value is -0.170. The fraction of sp³-hybridized carbons (Fsp3) is 1.00. The Balaban J connectivity index is 1.80. The molecule has 0 bridgehead atoms. The second-order valence-corrected chi connectivity index (χ2v) is 7.38. The van der Waals surface area contributed by atoms with Crippen molar-refractivity contribution in [2.45, 2.75) is 43.9 Å². The van der Waals surface area contributed by atoms with Crippen molar-refractivity contribution < 1.29 is 13.2 Å². The molecule has 2 aliphatic heterocycles. The molecule has 17 heavy (non-hydrogen) atoms. The Morgan fingerprint density at radius 2 is 2.06 bits per heavy atom. The maximum absolute atomic E-state index is 12.1. The van der Waals surface area contributed by atoms with Crippen LogP contribution in [0.2, 0.25) is 0 Å². The highest BCUT2D eigenvalue weighted by Gasteiger charge is 2.55. The van der Waals surface area contributed by atoms with Gasteiger partial charge in [-0.2, -0.15) is 4.31 Å². The smallest absolute Gasteiger partial charge is 0.214 e. The lowest BCUT2D eigenvalue weighted by molar-refractivity contribution is -0.139. The fourth-order valence-electron chi connectivity index (χ4n) is 3.42. The SMILES string of the molecule is NC1C2CCCOC2C1N1CCCCS1(=O)=O. The van der Waals surface area contributed by atoms with E-state index in [9.17, 15) is 8.42 Å². The van der Waals surface area contributed by atoms with Gasteiger partial charge in [0, 0.05) is 25.1 Å². The number of nitrogens with two attached hydrogens (primary N) is 1. The Morgan fingerprint density at radius 3 is 2.82 bits per heavy atom. The van der Waals surface area contributed by atoms with Gasteiger partial charge >= 0.3 is 0 Å². The summed E-state index contributed by atoms with van der Waals surface area (Å²) in [6.07, 6.45) is 3.90. The zero-order valence-electron chi connectivity index (χ0n) is 9.92. The molecule has 0 aromatic heterocycles. The molecule has 6 heteroatoms. The van der Waals surface area contributed by atoms with E-state index in [1.165, 1.54) is 0 Å². The van der Waals surface area contributed by atoms with E-state index in [0.29, 0.717) is 12.5 Å². The molecule has 4 unspecified atom stereocenters. The summed E-state index contributed by atoms with van der Waals surface area (Å²) in [5, 5.41) is 0. The summed E-state index contributed by atoms with van der Waals surface area (Å²) >= 11 is 0. The van der Waals surface area contributed by atoms with E-state index in [0.717, 1.165) is 32.3 Å². The van der Waals surface area contributed by atoms with Crippen LogP contribution >= 0.6 is 0 Å². The van der Waals surface area contributed by atoms with Crippen LogP contribution in [-0.4, -0.2) is 49.8 Å². The van der Waals surface area contributed by atoms with Gasteiger partial charge in [0.05, 0.1) is 17.9 Å². The molecule has 0 radical (unpaired) electrons. The van der Waals surface area contributed by atoms with Crippen molar-refractivity contribution in [3.63, 3.8) is 0 Å². The van der Waals surface area contributed by atoms with E-state index in [2.05, 4.69) is 0 Å². The summed E-state index contributed by atoms with van der Waals surface area (Å²) in [6.45, 7) is 1.37. The van der Waals surface area contributed by atoms with E-state index in [-0.39, 0.29) is 23.9 Å². The second-order valence-electron chi connectivity index (χ2n) is 5.34. The molecule has 3 rings (SSSR count). The number of hydrogen-bond acceptors (Lipinski definition) is 4. The van der Waals surface area contributed by atoms with Crippen molar-refractivity contribution in [1.82, 2.24) is 4.31 Å².